The van der Waals surface area contributed by atoms with Gasteiger partial charge in [0.2, 0.25) is 5.91 Å². The molecule has 0 spiro atoms. The molecule has 0 aliphatic heterocycles. The van der Waals surface area contributed by atoms with Crippen LogP contribution >= 0.6 is 23.1 Å². The van der Waals surface area contributed by atoms with E-state index >= 15 is 0 Å². The van der Waals surface area contributed by atoms with Crippen LogP contribution in [0, 0.1) is 13.8 Å². The summed E-state index contributed by atoms with van der Waals surface area (Å²) in [6.07, 6.45) is 0. The van der Waals surface area contributed by atoms with Gasteiger partial charge in [-0.05, 0) is 61.2 Å². The third-order valence-electron chi connectivity index (χ3n) is 7.37. The van der Waals surface area contributed by atoms with Gasteiger partial charge in [-0.15, -0.1) is 11.3 Å². The normalized spacial score (nSPS) is 11.7. The summed E-state index contributed by atoms with van der Waals surface area (Å²) in [6, 6.07) is 25.9. The number of carbonyl (C=O) groups is 2. The van der Waals surface area contributed by atoms with Crippen molar-refractivity contribution in [3.8, 4) is 17.0 Å². The van der Waals surface area contributed by atoms with E-state index in [1.165, 1.54) is 23.1 Å². The van der Waals surface area contributed by atoms with E-state index in [-0.39, 0.29) is 24.1 Å². The fourth-order valence-electron chi connectivity index (χ4n) is 4.98. The molecule has 1 unspecified atom stereocenters. The van der Waals surface area contributed by atoms with Gasteiger partial charge in [0.1, 0.15) is 16.8 Å². The van der Waals surface area contributed by atoms with Crippen LogP contribution in [0.5, 0.6) is 5.75 Å². The molecule has 236 valence electrons. The van der Waals surface area contributed by atoms with Crippen LogP contribution in [0.4, 0.5) is 5.69 Å². The second-order valence-corrected chi connectivity index (χ2v) is 13.1. The topological polar surface area (TPSA) is 97.3 Å². The summed E-state index contributed by atoms with van der Waals surface area (Å²) in [4.78, 5) is 43.9. The van der Waals surface area contributed by atoms with E-state index in [0.717, 1.165) is 33.2 Å². The van der Waals surface area contributed by atoms with Crippen molar-refractivity contribution in [3.05, 3.63) is 118 Å². The highest BCUT2D eigenvalue weighted by molar-refractivity contribution is 7.99. The lowest BCUT2D eigenvalue weighted by Gasteiger charge is -2.31. The lowest BCUT2D eigenvalue weighted by Crippen LogP contribution is -2.41. The number of hydrogen-bond acceptors (Lipinski definition) is 8. The average Bonchev–Trinajstić information content (AvgIpc) is 3.52. The Balaban J connectivity index is 1.51. The number of thiazole rings is 1. The second-order valence-electron chi connectivity index (χ2n) is 11.2. The van der Waals surface area contributed by atoms with Crippen molar-refractivity contribution in [3.63, 3.8) is 0 Å². The smallest absolute Gasteiger partial charge is 0.251 e. The SMILES string of the molecule is COc1ccc(NC(=O)C(c2ccc(C(C)C)cc2)N(Cc2nc(-c3ccccc3)cs2)C(=O)CSc2nc(C)cc(C)n2)cc1. The molecule has 2 aromatic heterocycles. The number of methoxy groups -OCH3 is 1. The predicted molar refractivity (Wildman–Crippen MR) is 185 cm³/mol. The Hall–Kier alpha value is -4.54. The van der Waals surface area contributed by atoms with Crippen LogP contribution in [0.3, 0.4) is 0 Å². The Kier molecular flexibility index (Phi) is 10.8. The highest BCUT2D eigenvalue weighted by atomic mass is 32.2. The molecular weight excluding hydrogens is 615 g/mol. The Morgan fingerprint density at radius 3 is 2.17 bits per heavy atom. The van der Waals surface area contributed by atoms with Crippen molar-refractivity contribution in [2.24, 2.45) is 0 Å². The minimum atomic E-state index is -0.930. The number of ether oxygens (including phenoxy) is 1. The number of benzene rings is 3. The lowest BCUT2D eigenvalue weighted by atomic mass is 9.97. The summed E-state index contributed by atoms with van der Waals surface area (Å²) in [6.45, 7) is 8.20. The van der Waals surface area contributed by atoms with E-state index < -0.39 is 6.04 Å². The maximum atomic E-state index is 14.2. The zero-order valence-corrected chi connectivity index (χ0v) is 28.2. The molecule has 0 radical (unpaired) electrons. The number of hydrogen-bond donors (Lipinski definition) is 1. The number of amides is 2. The maximum Gasteiger partial charge on any atom is 0.251 e. The van der Waals surface area contributed by atoms with Gasteiger partial charge < -0.3 is 15.0 Å². The molecule has 3 aromatic carbocycles. The molecule has 1 N–H and O–H groups in total. The number of nitrogens with one attached hydrogen (secondary N) is 1. The number of rotatable bonds is 12. The molecule has 0 aliphatic rings. The van der Waals surface area contributed by atoms with E-state index in [4.69, 9.17) is 9.72 Å². The monoisotopic (exact) mass is 651 g/mol. The first-order chi connectivity index (χ1) is 22.2. The first kappa shape index (κ1) is 32.8. The number of nitrogens with zero attached hydrogens (tertiary/aromatic N) is 4. The van der Waals surface area contributed by atoms with E-state index in [2.05, 4.69) is 29.1 Å². The molecule has 5 rings (SSSR count). The van der Waals surface area contributed by atoms with Gasteiger partial charge in [-0.2, -0.15) is 0 Å². The highest BCUT2D eigenvalue weighted by Crippen LogP contribution is 2.31. The van der Waals surface area contributed by atoms with Crippen LogP contribution in [0.25, 0.3) is 11.3 Å². The van der Waals surface area contributed by atoms with Gasteiger partial charge in [-0.1, -0.05) is 80.2 Å². The van der Waals surface area contributed by atoms with Crippen LogP contribution in [0.15, 0.2) is 95.5 Å². The molecule has 0 saturated heterocycles. The number of anilines is 1. The largest absolute Gasteiger partial charge is 0.497 e. The summed E-state index contributed by atoms with van der Waals surface area (Å²) < 4.78 is 5.29. The van der Waals surface area contributed by atoms with E-state index in [0.29, 0.717) is 28.1 Å². The zero-order chi connectivity index (χ0) is 32.6. The van der Waals surface area contributed by atoms with E-state index in [9.17, 15) is 9.59 Å². The summed E-state index contributed by atoms with van der Waals surface area (Å²) >= 11 is 2.73. The molecule has 1 atom stereocenters. The molecule has 0 saturated carbocycles. The Morgan fingerprint density at radius 2 is 1.54 bits per heavy atom. The molecule has 5 aromatic rings. The molecule has 2 amide bonds. The average molecular weight is 652 g/mol. The van der Waals surface area contributed by atoms with Crippen molar-refractivity contribution in [2.75, 3.05) is 18.2 Å². The first-order valence-electron chi connectivity index (χ1n) is 15.0. The molecule has 8 nitrogen and oxygen atoms in total. The standard InChI is InChI=1S/C36H37N5O3S2/c1-23(2)26-11-13-28(14-12-26)34(35(43)39-29-15-17-30(44-5)18-16-29)41(33(42)22-46-36-37-24(3)19-25(4)38-36)20-32-40-31(21-45-32)27-9-7-6-8-10-27/h6-19,21,23,34H,20,22H2,1-5H3,(H,39,43). The van der Waals surface area contributed by atoms with Crippen LogP contribution in [-0.4, -0.2) is 44.5 Å². The molecule has 10 heteroatoms. The second kappa shape index (κ2) is 15.2. The zero-order valence-electron chi connectivity index (χ0n) is 26.6. The van der Waals surface area contributed by atoms with Crippen LogP contribution < -0.4 is 10.1 Å². The Labute approximate surface area is 278 Å². The third-order valence-corrected chi connectivity index (χ3v) is 9.04. The van der Waals surface area contributed by atoms with Gasteiger partial charge in [0.25, 0.3) is 5.91 Å². The van der Waals surface area contributed by atoms with Crippen molar-refractivity contribution in [1.29, 1.82) is 0 Å². The number of carbonyl (C=O) groups excluding carboxylic acids is 2. The van der Waals surface area contributed by atoms with Gasteiger partial charge in [0, 0.05) is 28.0 Å². The van der Waals surface area contributed by atoms with Gasteiger partial charge in [-0.3, -0.25) is 9.59 Å². The summed E-state index contributed by atoms with van der Waals surface area (Å²) in [7, 11) is 1.59. The molecule has 2 heterocycles. The van der Waals surface area contributed by atoms with Crippen molar-refractivity contribution >= 4 is 40.6 Å². The summed E-state index contributed by atoms with van der Waals surface area (Å²) in [5.74, 6) is 0.491. The Morgan fingerprint density at radius 1 is 0.891 bits per heavy atom. The van der Waals surface area contributed by atoms with Crippen LogP contribution in [0.2, 0.25) is 0 Å². The van der Waals surface area contributed by atoms with Crippen LogP contribution in [0.1, 0.15) is 53.3 Å². The van der Waals surface area contributed by atoms with Crippen molar-refractivity contribution < 1.29 is 14.3 Å². The molecular formula is C36H37N5O3S2. The quantitative estimate of drug-likeness (QED) is 0.108. The number of aromatic nitrogens is 3. The molecule has 46 heavy (non-hydrogen) atoms. The minimum Gasteiger partial charge on any atom is -0.497 e. The molecule has 0 aliphatic carbocycles. The predicted octanol–water partition coefficient (Wildman–Crippen LogP) is 7.85. The maximum absolute atomic E-state index is 14.2. The summed E-state index contributed by atoms with van der Waals surface area (Å²) in [5.41, 5.74) is 5.92. The van der Waals surface area contributed by atoms with Crippen molar-refractivity contribution in [1.82, 2.24) is 19.9 Å². The lowest BCUT2D eigenvalue weighted by molar-refractivity contribution is -0.137. The fraction of sp³-hybridized carbons (Fsp3) is 0.250. The van der Waals surface area contributed by atoms with Gasteiger partial charge in [-0.25, -0.2) is 15.0 Å². The van der Waals surface area contributed by atoms with Gasteiger partial charge in [0.15, 0.2) is 5.16 Å². The fourth-order valence-corrected chi connectivity index (χ4v) is 6.62. The molecule has 0 bridgehead atoms. The van der Waals surface area contributed by atoms with E-state index in [1.54, 1.807) is 36.3 Å². The Bertz CT molecular complexity index is 1750. The van der Waals surface area contributed by atoms with Gasteiger partial charge in [0.05, 0.1) is 25.1 Å². The first-order valence-corrected chi connectivity index (χ1v) is 16.9. The third kappa shape index (κ3) is 8.38. The summed E-state index contributed by atoms with van der Waals surface area (Å²) in [5, 5.41) is 6.26. The van der Waals surface area contributed by atoms with Crippen LogP contribution in [-0.2, 0) is 16.1 Å². The number of thioether (sulfide) groups is 1. The highest BCUT2D eigenvalue weighted by Gasteiger charge is 2.33. The molecule has 0 fully saturated rings. The number of aryl methyl sites for hydroxylation is 2. The van der Waals surface area contributed by atoms with E-state index in [1.807, 2.05) is 79.9 Å². The van der Waals surface area contributed by atoms with Crippen molar-refractivity contribution in [2.45, 2.75) is 51.4 Å². The van der Waals surface area contributed by atoms with Gasteiger partial charge >= 0.3 is 0 Å². The minimum absolute atomic E-state index is 0.0518.